The molecule has 122 valence electrons. The first kappa shape index (κ1) is 16.0. The average Bonchev–Trinajstić information content (AvgIpc) is 2.62. The van der Waals surface area contributed by atoms with Crippen molar-refractivity contribution in [2.24, 2.45) is 0 Å². The number of nitrogens with zero attached hydrogens (tertiary/aromatic N) is 4. The van der Waals surface area contributed by atoms with Gasteiger partial charge in [-0.15, -0.1) is 0 Å². The van der Waals surface area contributed by atoms with Crippen molar-refractivity contribution in [1.82, 2.24) is 9.97 Å². The van der Waals surface area contributed by atoms with Gasteiger partial charge >= 0.3 is 0 Å². The highest BCUT2D eigenvalue weighted by molar-refractivity contribution is 5.62. The minimum atomic E-state index is 0.769. The number of aromatic nitrogens is 2. The monoisotopic (exact) mass is 318 g/mol. The number of para-hydroxylation sites is 1. The molecule has 0 saturated carbocycles. The summed E-state index contributed by atoms with van der Waals surface area (Å²) in [4.78, 5) is 13.4. The molecular formula is C20H22N4. The summed E-state index contributed by atoms with van der Waals surface area (Å²) in [6.07, 6.45) is 0. The van der Waals surface area contributed by atoms with Gasteiger partial charge in [0, 0.05) is 32.4 Å². The minimum Gasteiger partial charge on any atom is -0.355 e. The molecule has 1 heterocycles. The van der Waals surface area contributed by atoms with E-state index >= 15 is 0 Å². The average molecular weight is 318 g/mol. The van der Waals surface area contributed by atoms with Gasteiger partial charge in [-0.25, -0.2) is 9.97 Å². The second kappa shape index (κ2) is 7.13. The summed E-state index contributed by atoms with van der Waals surface area (Å²) in [6.45, 7) is 2.74. The van der Waals surface area contributed by atoms with E-state index in [0.29, 0.717) is 0 Å². The third-order valence-electron chi connectivity index (χ3n) is 3.95. The molecule has 3 rings (SSSR count). The highest BCUT2D eigenvalue weighted by atomic mass is 15.2. The zero-order valence-corrected chi connectivity index (χ0v) is 14.3. The number of aryl methyl sites for hydroxylation is 1. The van der Waals surface area contributed by atoms with Crippen LogP contribution < -0.4 is 9.80 Å². The van der Waals surface area contributed by atoms with Gasteiger partial charge in [0.2, 0.25) is 0 Å². The molecule has 0 N–H and O–H groups in total. The quantitative estimate of drug-likeness (QED) is 0.706. The van der Waals surface area contributed by atoms with Crippen LogP contribution in [0.3, 0.4) is 0 Å². The summed E-state index contributed by atoms with van der Waals surface area (Å²) >= 11 is 0. The topological polar surface area (TPSA) is 32.3 Å². The van der Waals surface area contributed by atoms with Crippen LogP contribution >= 0.6 is 0 Å². The lowest BCUT2D eigenvalue weighted by Crippen LogP contribution is -2.20. The van der Waals surface area contributed by atoms with E-state index in [1.165, 1.54) is 5.56 Å². The van der Waals surface area contributed by atoms with Gasteiger partial charge in [0.25, 0.3) is 0 Å². The van der Waals surface area contributed by atoms with E-state index < -0.39 is 0 Å². The Morgan fingerprint density at radius 1 is 0.792 bits per heavy atom. The lowest BCUT2D eigenvalue weighted by molar-refractivity contribution is 0.876. The van der Waals surface area contributed by atoms with Crippen LogP contribution in [0.4, 0.5) is 17.3 Å². The van der Waals surface area contributed by atoms with Gasteiger partial charge in [0.1, 0.15) is 17.5 Å². The molecule has 2 aromatic carbocycles. The lowest BCUT2D eigenvalue weighted by atomic mass is 10.2. The Hall–Kier alpha value is -2.88. The fraction of sp³-hybridized carbons (Fsp3) is 0.200. The van der Waals surface area contributed by atoms with Crippen molar-refractivity contribution in [3.8, 4) is 0 Å². The molecule has 0 atom stereocenters. The van der Waals surface area contributed by atoms with Gasteiger partial charge in [0.05, 0.1) is 0 Å². The standard InChI is InChI=1S/C20H22N4/c1-16-21-19(23(2)15-17-10-6-4-7-11-17)14-20(22-16)24(3)18-12-8-5-9-13-18/h4-14H,15H2,1-3H3. The van der Waals surface area contributed by atoms with Crippen LogP contribution in [0.15, 0.2) is 66.7 Å². The first-order valence-electron chi connectivity index (χ1n) is 8.03. The Morgan fingerprint density at radius 2 is 1.38 bits per heavy atom. The fourth-order valence-electron chi connectivity index (χ4n) is 2.63. The van der Waals surface area contributed by atoms with Crippen molar-refractivity contribution in [1.29, 1.82) is 0 Å². The predicted molar refractivity (Wildman–Crippen MR) is 99.8 cm³/mol. The maximum Gasteiger partial charge on any atom is 0.138 e. The Morgan fingerprint density at radius 3 is 2.04 bits per heavy atom. The summed E-state index contributed by atoms with van der Waals surface area (Å²) < 4.78 is 0. The molecule has 0 radical (unpaired) electrons. The molecule has 0 aliphatic rings. The molecule has 0 unspecified atom stereocenters. The van der Waals surface area contributed by atoms with E-state index in [2.05, 4.69) is 63.2 Å². The molecule has 0 spiro atoms. The van der Waals surface area contributed by atoms with Crippen molar-refractivity contribution < 1.29 is 0 Å². The number of hydrogen-bond acceptors (Lipinski definition) is 4. The van der Waals surface area contributed by atoms with E-state index in [1.54, 1.807) is 0 Å². The highest BCUT2D eigenvalue weighted by Gasteiger charge is 2.11. The third kappa shape index (κ3) is 3.71. The van der Waals surface area contributed by atoms with Gasteiger partial charge in [-0.3, -0.25) is 0 Å². The number of anilines is 3. The summed E-state index contributed by atoms with van der Waals surface area (Å²) in [5, 5.41) is 0. The number of rotatable bonds is 5. The van der Waals surface area contributed by atoms with Crippen molar-refractivity contribution in [2.75, 3.05) is 23.9 Å². The number of benzene rings is 2. The van der Waals surface area contributed by atoms with Crippen LogP contribution in [0.25, 0.3) is 0 Å². The Bertz CT molecular complexity index is 787. The van der Waals surface area contributed by atoms with Crippen LogP contribution in [0, 0.1) is 6.92 Å². The number of hydrogen-bond donors (Lipinski definition) is 0. The van der Waals surface area contributed by atoms with E-state index in [4.69, 9.17) is 0 Å². The smallest absolute Gasteiger partial charge is 0.138 e. The van der Waals surface area contributed by atoms with Crippen LogP contribution in [0.1, 0.15) is 11.4 Å². The van der Waals surface area contributed by atoms with Crippen LogP contribution in [-0.2, 0) is 6.54 Å². The maximum atomic E-state index is 4.59. The molecule has 0 bridgehead atoms. The summed E-state index contributed by atoms with van der Waals surface area (Å²) in [5.41, 5.74) is 2.36. The molecule has 4 heteroatoms. The Labute approximate surface area is 143 Å². The summed E-state index contributed by atoms with van der Waals surface area (Å²) in [6, 6.07) is 22.7. The van der Waals surface area contributed by atoms with Gasteiger partial charge < -0.3 is 9.80 Å². The SMILES string of the molecule is Cc1nc(N(C)Cc2ccccc2)cc(N(C)c2ccccc2)n1. The minimum absolute atomic E-state index is 0.769. The van der Waals surface area contributed by atoms with Crippen molar-refractivity contribution in [3.63, 3.8) is 0 Å². The zero-order chi connectivity index (χ0) is 16.9. The van der Waals surface area contributed by atoms with E-state index in [-0.39, 0.29) is 0 Å². The van der Waals surface area contributed by atoms with Crippen LogP contribution in [0.2, 0.25) is 0 Å². The second-order valence-electron chi connectivity index (χ2n) is 5.87. The third-order valence-corrected chi connectivity index (χ3v) is 3.95. The molecule has 0 fully saturated rings. The van der Waals surface area contributed by atoms with Crippen molar-refractivity contribution in [3.05, 3.63) is 78.1 Å². The molecule has 1 aromatic heterocycles. The lowest BCUT2D eigenvalue weighted by Gasteiger charge is -2.23. The second-order valence-corrected chi connectivity index (χ2v) is 5.87. The largest absolute Gasteiger partial charge is 0.355 e. The first-order chi connectivity index (χ1) is 11.6. The maximum absolute atomic E-state index is 4.59. The summed E-state index contributed by atoms with van der Waals surface area (Å²) in [7, 11) is 4.08. The normalized spacial score (nSPS) is 10.5. The fourth-order valence-corrected chi connectivity index (χ4v) is 2.63. The molecule has 3 aromatic rings. The molecular weight excluding hydrogens is 296 g/mol. The van der Waals surface area contributed by atoms with E-state index in [0.717, 1.165) is 29.7 Å². The molecule has 0 aliphatic heterocycles. The highest BCUT2D eigenvalue weighted by Crippen LogP contribution is 2.24. The van der Waals surface area contributed by atoms with Crippen molar-refractivity contribution in [2.45, 2.75) is 13.5 Å². The zero-order valence-electron chi connectivity index (χ0n) is 14.3. The Balaban J connectivity index is 1.86. The molecule has 24 heavy (non-hydrogen) atoms. The van der Waals surface area contributed by atoms with Crippen molar-refractivity contribution >= 4 is 17.3 Å². The molecule has 0 amide bonds. The van der Waals surface area contributed by atoms with Gasteiger partial charge in [-0.1, -0.05) is 48.5 Å². The molecule has 0 saturated heterocycles. The first-order valence-corrected chi connectivity index (χ1v) is 8.03. The van der Waals surface area contributed by atoms with Crippen LogP contribution in [0.5, 0.6) is 0 Å². The van der Waals surface area contributed by atoms with E-state index in [9.17, 15) is 0 Å². The molecule has 4 nitrogen and oxygen atoms in total. The van der Waals surface area contributed by atoms with Gasteiger partial charge in [-0.05, 0) is 24.6 Å². The van der Waals surface area contributed by atoms with E-state index in [1.807, 2.05) is 44.3 Å². The molecule has 0 aliphatic carbocycles. The summed E-state index contributed by atoms with van der Waals surface area (Å²) in [5.74, 6) is 2.58. The van der Waals surface area contributed by atoms with Gasteiger partial charge in [0.15, 0.2) is 0 Å². The van der Waals surface area contributed by atoms with Crippen LogP contribution in [-0.4, -0.2) is 24.1 Å². The van der Waals surface area contributed by atoms with Gasteiger partial charge in [-0.2, -0.15) is 0 Å². The predicted octanol–water partition coefficient (Wildman–Crippen LogP) is 4.19. The Kier molecular flexibility index (Phi) is 4.75.